The zero-order valence-corrected chi connectivity index (χ0v) is 49.3. The van der Waals surface area contributed by atoms with Crippen LogP contribution < -0.4 is 31.9 Å². The van der Waals surface area contributed by atoms with Crippen LogP contribution in [0.3, 0.4) is 0 Å². The SMILES string of the molecule is CCOC(=O)C1=C(CNCCCN(CCCNC(=O)C(=O)c2c(C)c(C(=O)Nc3ccc(F)c(F)c3)n(C)c2C)CCCNC(=O)C(=O)c2c(C)c(C(=O)Nc3ccc(F)c(F)c3)n(C)c2C)NC(c2nccs2)=NC1c1ccc(F)cc1Br. The molecule has 4 amide bonds. The number of hydrogen-bond donors (Lipinski definition) is 6. The summed E-state index contributed by atoms with van der Waals surface area (Å²) in [7, 11) is 3.06. The molecule has 0 saturated carbocycles. The molecule has 1 atom stereocenters. The number of nitrogens with one attached hydrogen (secondary N) is 6. The quantitative estimate of drug-likeness (QED) is 0.00997. The monoisotopic (exact) mass is 1250 g/mol. The minimum absolute atomic E-state index is 0.00222. The van der Waals surface area contributed by atoms with Gasteiger partial charge in [0, 0.05) is 90.4 Å². The molecule has 444 valence electrons. The van der Waals surface area contributed by atoms with Gasteiger partial charge in [-0.15, -0.1) is 11.3 Å². The smallest absolute Gasteiger partial charge is 0.338 e. The summed E-state index contributed by atoms with van der Waals surface area (Å²) in [6, 6.07) is 8.95. The number of ether oxygens (including phenoxy) is 1. The molecule has 19 nitrogen and oxygen atoms in total. The Morgan fingerprint density at radius 3 is 1.68 bits per heavy atom. The zero-order chi connectivity index (χ0) is 61.1. The first-order valence-corrected chi connectivity index (χ1v) is 28.2. The van der Waals surface area contributed by atoms with Gasteiger partial charge < -0.3 is 50.7 Å². The van der Waals surface area contributed by atoms with E-state index in [0.29, 0.717) is 83.4 Å². The predicted octanol–water partition coefficient (Wildman–Crippen LogP) is 7.98. The maximum atomic E-state index is 14.3. The van der Waals surface area contributed by atoms with Crippen LogP contribution in [0, 0.1) is 56.8 Å². The van der Waals surface area contributed by atoms with E-state index in [1.807, 2.05) is 0 Å². The molecule has 1 aliphatic heterocycles. The standard InChI is InChI=1S/C58H61BrF5N11O8S/c1-8-83-58(82)46-43(71-52(57-68-21-25-84-57)72-47(46)37-15-12-34(60)26-38(37)59)29-65-18-9-22-75(23-10-19-66-55(80)50(76)44-30(2)48(73(6)32(44)4)53(78)69-35-13-16-39(61)41(63)27-35)24-11-20-67-56(81)51(77)45-31(3)49(74(7)33(45)5)54(79)70-36-14-17-40(62)42(64)28-36/h12-17,21,25-28,47,65H,8-11,18-20,22-24,29H2,1-7H3,(H,66,80)(H,67,81)(H,69,78)(H,70,79)(H,71,72). The number of benzene rings is 3. The maximum Gasteiger partial charge on any atom is 0.338 e. The number of carbonyl (C=O) groups is 7. The number of nitrogens with zero attached hydrogens (tertiary/aromatic N) is 5. The molecule has 1 aliphatic rings. The summed E-state index contributed by atoms with van der Waals surface area (Å²) in [6.45, 7) is 9.82. The van der Waals surface area contributed by atoms with Crippen molar-refractivity contribution in [3.63, 3.8) is 0 Å². The molecule has 1 unspecified atom stereocenters. The number of anilines is 2. The number of aromatic nitrogens is 3. The largest absolute Gasteiger partial charge is 0.463 e. The topological polar surface area (TPSA) is 239 Å². The first kappa shape index (κ1) is 63.4. The Morgan fingerprint density at radius 1 is 0.702 bits per heavy atom. The maximum absolute atomic E-state index is 14.3. The molecule has 0 aliphatic carbocycles. The number of carbonyl (C=O) groups excluding carboxylic acids is 7. The van der Waals surface area contributed by atoms with Gasteiger partial charge in [-0.3, -0.25) is 33.8 Å². The Balaban J connectivity index is 1.01. The second-order valence-electron chi connectivity index (χ2n) is 19.5. The lowest BCUT2D eigenvalue weighted by Gasteiger charge is -2.28. The van der Waals surface area contributed by atoms with E-state index < -0.39 is 76.3 Å². The highest BCUT2D eigenvalue weighted by Gasteiger charge is 2.35. The van der Waals surface area contributed by atoms with Crippen molar-refractivity contribution in [1.29, 1.82) is 0 Å². The Bertz CT molecular complexity index is 3450. The fraction of sp³-hybridized carbons (Fsp3) is 0.328. The number of amides is 4. The number of halogens is 6. The lowest BCUT2D eigenvalue weighted by Crippen LogP contribution is -2.39. The first-order chi connectivity index (χ1) is 40.0. The summed E-state index contributed by atoms with van der Waals surface area (Å²) >= 11 is 4.78. The van der Waals surface area contributed by atoms with Crippen molar-refractivity contribution >= 4 is 85.6 Å². The van der Waals surface area contributed by atoms with Gasteiger partial charge in [0.2, 0.25) is 0 Å². The van der Waals surface area contributed by atoms with Gasteiger partial charge in [0.15, 0.2) is 34.1 Å². The number of hydrogen-bond acceptors (Lipinski definition) is 14. The highest BCUT2D eigenvalue weighted by molar-refractivity contribution is 9.10. The van der Waals surface area contributed by atoms with Crippen molar-refractivity contribution in [3.8, 4) is 0 Å². The van der Waals surface area contributed by atoms with Crippen LogP contribution in [0.1, 0.15) is 107 Å². The third kappa shape index (κ3) is 14.8. The lowest BCUT2D eigenvalue weighted by atomic mass is 9.95. The van der Waals surface area contributed by atoms with E-state index in [0.717, 1.165) is 24.3 Å². The highest BCUT2D eigenvalue weighted by atomic mass is 79.9. The molecule has 26 heteroatoms. The fourth-order valence-corrected chi connectivity index (χ4v) is 10.9. The van der Waals surface area contributed by atoms with Crippen LogP contribution in [0.2, 0.25) is 0 Å². The van der Waals surface area contributed by atoms with Gasteiger partial charge in [0.25, 0.3) is 35.2 Å². The van der Waals surface area contributed by atoms with E-state index in [-0.39, 0.29) is 76.8 Å². The summed E-state index contributed by atoms with van der Waals surface area (Å²) in [4.78, 5) is 106. The third-order valence-electron chi connectivity index (χ3n) is 14.0. The van der Waals surface area contributed by atoms with Crippen LogP contribution in [0.25, 0.3) is 0 Å². The first-order valence-electron chi connectivity index (χ1n) is 26.5. The molecule has 6 aromatic rings. The number of Topliss-reactive ketones (excluding diaryl/α,β-unsaturated/α-hetero) is 2. The number of rotatable bonds is 26. The second kappa shape index (κ2) is 28.4. The van der Waals surface area contributed by atoms with Crippen molar-refractivity contribution in [2.75, 3.05) is 63.1 Å². The molecular formula is C58H61BrF5N11O8S. The van der Waals surface area contributed by atoms with Crippen LogP contribution >= 0.6 is 27.3 Å². The third-order valence-corrected chi connectivity index (χ3v) is 15.5. The van der Waals surface area contributed by atoms with Crippen molar-refractivity contribution in [3.05, 3.63) is 167 Å². The molecule has 0 bridgehead atoms. The van der Waals surface area contributed by atoms with Crippen molar-refractivity contribution in [2.24, 2.45) is 19.1 Å². The molecule has 6 N–H and O–H groups in total. The molecule has 3 aromatic carbocycles. The number of aliphatic imine (C=N–C) groups is 1. The molecule has 84 heavy (non-hydrogen) atoms. The van der Waals surface area contributed by atoms with E-state index in [1.54, 1.807) is 38.4 Å². The van der Waals surface area contributed by atoms with E-state index in [9.17, 15) is 55.5 Å². The van der Waals surface area contributed by atoms with Crippen LogP contribution in [0.15, 0.2) is 86.9 Å². The van der Waals surface area contributed by atoms with Crippen LogP contribution in [0.4, 0.5) is 33.3 Å². The van der Waals surface area contributed by atoms with Gasteiger partial charge in [-0.1, -0.05) is 22.0 Å². The molecule has 0 saturated heterocycles. The zero-order valence-electron chi connectivity index (χ0n) is 46.9. The minimum atomic E-state index is -1.17. The normalized spacial score (nSPS) is 13.1. The van der Waals surface area contributed by atoms with Crippen LogP contribution in [0.5, 0.6) is 0 Å². The average Bonchev–Trinajstić information content (AvgIpc) is 3.76. The Labute approximate surface area is 492 Å². The lowest BCUT2D eigenvalue weighted by molar-refractivity contribution is -0.139. The number of amidine groups is 1. The van der Waals surface area contributed by atoms with Crippen molar-refractivity contribution < 1.29 is 60.3 Å². The Hall–Kier alpha value is -8.20. The summed E-state index contributed by atoms with van der Waals surface area (Å²) < 4.78 is 78.0. The van der Waals surface area contributed by atoms with E-state index >= 15 is 0 Å². The number of ketones is 2. The molecule has 0 spiro atoms. The van der Waals surface area contributed by atoms with Gasteiger partial charge in [-0.05, 0) is 133 Å². The van der Waals surface area contributed by atoms with Gasteiger partial charge >= 0.3 is 5.97 Å². The van der Waals surface area contributed by atoms with E-state index in [4.69, 9.17) is 9.73 Å². The average molecular weight is 1250 g/mol. The molecule has 4 heterocycles. The summed E-state index contributed by atoms with van der Waals surface area (Å²) in [6.07, 6.45) is 2.86. The number of thiazole rings is 1. The fourth-order valence-electron chi connectivity index (χ4n) is 9.75. The summed E-state index contributed by atoms with van der Waals surface area (Å²) in [5.41, 5.74) is 2.28. The number of esters is 1. The van der Waals surface area contributed by atoms with Crippen LogP contribution in [-0.4, -0.2) is 118 Å². The Kier molecular flexibility index (Phi) is 21.4. The molecule has 3 aromatic heterocycles. The van der Waals surface area contributed by atoms with E-state index in [2.05, 4.69) is 57.7 Å². The van der Waals surface area contributed by atoms with E-state index in [1.165, 1.54) is 72.7 Å². The van der Waals surface area contributed by atoms with Crippen molar-refractivity contribution in [1.82, 2.24) is 40.3 Å². The highest BCUT2D eigenvalue weighted by Crippen LogP contribution is 2.37. The molecule has 7 rings (SSSR count). The van der Waals surface area contributed by atoms with Gasteiger partial charge in [-0.2, -0.15) is 0 Å². The van der Waals surface area contributed by atoms with Crippen LogP contribution in [-0.2, 0) is 33.2 Å². The summed E-state index contributed by atoms with van der Waals surface area (Å²) in [5.74, 6) is -10.3. The Morgan fingerprint density at radius 2 is 1.21 bits per heavy atom. The van der Waals surface area contributed by atoms with Gasteiger partial charge in [0.1, 0.15) is 23.2 Å². The molecule has 0 fully saturated rings. The second-order valence-corrected chi connectivity index (χ2v) is 21.3. The minimum Gasteiger partial charge on any atom is -0.463 e. The summed E-state index contributed by atoms with van der Waals surface area (Å²) in [5, 5.41) is 19.3. The molecule has 0 radical (unpaired) electrons. The van der Waals surface area contributed by atoms with Crippen molar-refractivity contribution in [2.45, 2.75) is 59.9 Å². The van der Waals surface area contributed by atoms with Gasteiger partial charge in [0.05, 0.1) is 23.3 Å². The molecular weight excluding hydrogens is 1190 g/mol. The van der Waals surface area contributed by atoms with Gasteiger partial charge in [-0.25, -0.2) is 31.7 Å². The predicted molar refractivity (Wildman–Crippen MR) is 309 cm³/mol.